The van der Waals surface area contributed by atoms with E-state index in [1.165, 1.54) is 5.56 Å². The average molecular weight is 272 g/mol. The maximum Gasteiger partial charge on any atom is 0.151 e. The lowest BCUT2D eigenvalue weighted by Gasteiger charge is -2.34. The van der Waals surface area contributed by atoms with Crippen molar-refractivity contribution in [3.05, 3.63) is 41.4 Å². The normalized spacial score (nSPS) is 15.7. The second-order valence-corrected chi connectivity index (χ2v) is 5.69. The Labute approximate surface area is 119 Å². The van der Waals surface area contributed by atoms with Crippen LogP contribution in [0.5, 0.6) is 0 Å². The topological polar surface area (TPSA) is 45.4 Å². The highest BCUT2D eigenvalue weighted by Gasteiger charge is 2.22. The van der Waals surface area contributed by atoms with Crippen LogP contribution in [0.25, 0.3) is 0 Å². The maximum atomic E-state index is 5.43. The second-order valence-electron chi connectivity index (χ2n) is 5.69. The van der Waals surface area contributed by atoms with Gasteiger partial charge in [0.25, 0.3) is 0 Å². The molecule has 0 saturated heterocycles. The van der Waals surface area contributed by atoms with E-state index in [0.29, 0.717) is 5.92 Å². The number of aromatic nitrogens is 2. The largest absolute Gasteiger partial charge is 0.360 e. The summed E-state index contributed by atoms with van der Waals surface area (Å²) in [5.41, 5.74) is 2.28. The van der Waals surface area contributed by atoms with Gasteiger partial charge in [-0.1, -0.05) is 25.1 Å². The predicted octanol–water partition coefficient (Wildman–Crippen LogP) is 2.60. The molecule has 5 heteroatoms. The van der Waals surface area contributed by atoms with Crippen molar-refractivity contribution in [3.8, 4) is 0 Å². The van der Waals surface area contributed by atoms with Gasteiger partial charge in [0.05, 0.1) is 18.9 Å². The van der Waals surface area contributed by atoms with Crippen molar-refractivity contribution in [1.29, 1.82) is 0 Å². The summed E-state index contributed by atoms with van der Waals surface area (Å²) in [4.78, 5) is 8.93. The molecule has 2 aromatic heterocycles. The first-order valence-corrected chi connectivity index (χ1v) is 6.96. The molecule has 0 fully saturated rings. The van der Waals surface area contributed by atoms with Gasteiger partial charge in [-0.25, -0.2) is 4.98 Å². The monoisotopic (exact) mass is 272 g/mol. The fraction of sp³-hybridized carbons (Fsp3) is 0.467. The van der Waals surface area contributed by atoms with Crippen LogP contribution in [-0.4, -0.2) is 28.8 Å². The molecular formula is C15H20N4O. The molecule has 0 atom stereocenters. The highest BCUT2D eigenvalue weighted by Crippen LogP contribution is 2.25. The lowest BCUT2D eigenvalue weighted by molar-refractivity contribution is 0.215. The molecule has 0 aliphatic carbocycles. The van der Waals surface area contributed by atoms with Gasteiger partial charge in [0, 0.05) is 31.4 Å². The quantitative estimate of drug-likeness (QED) is 0.859. The number of anilines is 1. The van der Waals surface area contributed by atoms with E-state index in [9.17, 15) is 0 Å². The summed E-state index contributed by atoms with van der Waals surface area (Å²) in [5, 5.41) is 4.12. The Hall–Kier alpha value is -1.88. The lowest BCUT2D eigenvalue weighted by atomic mass is 10.1. The Kier molecular flexibility index (Phi) is 3.44. The molecule has 0 N–H and O–H groups in total. The third-order valence-electron chi connectivity index (χ3n) is 3.58. The Morgan fingerprint density at radius 2 is 2.25 bits per heavy atom. The van der Waals surface area contributed by atoms with E-state index in [1.54, 1.807) is 0 Å². The van der Waals surface area contributed by atoms with Crippen LogP contribution < -0.4 is 4.90 Å². The van der Waals surface area contributed by atoms with Gasteiger partial charge in [0.15, 0.2) is 5.76 Å². The van der Waals surface area contributed by atoms with Gasteiger partial charge in [-0.2, -0.15) is 0 Å². The van der Waals surface area contributed by atoms with Gasteiger partial charge >= 0.3 is 0 Å². The van der Waals surface area contributed by atoms with Gasteiger partial charge in [0.1, 0.15) is 5.82 Å². The minimum atomic E-state index is 0.404. The fourth-order valence-corrected chi connectivity index (χ4v) is 2.56. The zero-order valence-corrected chi connectivity index (χ0v) is 12.2. The van der Waals surface area contributed by atoms with Gasteiger partial charge < -0.3 is 9.42 Å². The lowest BCUT2D eigenvalue weighted by Crippen LogP contribution is -2.40. The van der Waals surface area contributed by atoms with E-state index in [4.69, 9.17) is 4.52 Å². The molecule has 3 heterocycles. The van der Waals surface area contributed by atoms with Gasteiger partial charge in [-0.05, 0) is 12.0 Å². The van der Waals surface area contributed by atoms with Crippen LogP contribution in [0.15, 0.2) is 28.9 Å². The van der Waals surface area contributed by atoms with E-state index in [-0.39, 0.29) is 0 Å². The summed E-state index contributed by atoms with van der Waals surface area (Å²) in [6.07, 6.45) is 1.84. The summed E-state index contributed by atoms with van der Waals surface area (Å²) >= 11 is 0. The number of hydrogen-bond donors (Lipinski definition) is 0. The van der Waals surface area contributed by atoms with Crippen LogP contribution in [0.1, 0.15) is 36.8 Å². The van der Waals surface area contributed by atoms with Gasteiger partial charge in [-0.3, -0.25) is 4.90 Å². The van der Waals surface area contributed by atoms with Gasteiger partial charge in [0.2, 0.25) is 0 Å². The molecule has 106 valence electrons. The van der Waals surface area contributed by atoms with Crippen LogP contribution in [-0.2, 0) is 13.1 Å². The van der Waals surface area contributed by atoms with E-state index in [1.807, 2.05) is 12.3 Å². The summed E-state index contributed by atoms with van der Waals surface area (Å²) < 4.78 is 5.43. The summed E-state index contributed by atoms with van der Waals surface area (Å²) in [6, 6.07) is 6.18. The Morgan fingerprint density at radius 1 is 1.40 bits per heavy atom. The van der Waals surface area contributed by atoms with Crippen molar-refractivity contribution >= 4 is 5.82 Å². The molecule has 0 aromatic carbocycles. The van der Waals surface area contributed by atoms with Crippen LogP contribution >= 0.6 is 0 Å². The third kappa shape index (κ3) is 2.54. The minimum absolute atomic E-state index is 0.404. The Bertz CT molecular complexity index is 593. The molecule has 2 aromatic rings. The van der Waals surface area contributed by atoms with Crippen molar-refractivity contribution in [1.82, 2.24) is 15.0 Å². The van der Waals surface area contributed by atoms with Crippen LogP contribution in [0.4, 0.5) is 5.82 Å². The van der Waals surface area contributed by atoms with Crippen LogP contribution in [0, 0.1) is 0 Å². The standard InChI is InChI=1S/C15H20N4O/c1-11(2)14-7-13(20-17-14)9-19-8-12-5-4-6-16-15(12)18(3)10-19/h4-7,11H,8-10H2,1-3H3. The van der Waals surface area contributed by atoms with Crippen molar-refractivity contribution in [2.75, 3.05) is 18.6 Å². The smallest absolute Gasteiger partial charge is 0.151 e. The Morgan fingerprint density at radius 3 is 3.00 bits per heavy atom. The molecule has 0 unspecified atom stereocenters. The van der Waals surface area contributed by atoms with E-state index >= 15 is 0 Å². The number of pyridine rings is 1. The van der Waals surface area contributed by atoms with Crippen molar-refractivity contribution in [3.63, 3.8) is 0 Å². The summed E-state index contributed by atoms with van der Waals surface area (Å²) in [5.74, 6) is 2.40. The molecule has 5 nitrogen and oxygen atoms in total. The SMILES string of the molecule is CC(C)c1cc(CN2Cc3cccnc3N(C)C2)on1. The van der Waals surface area contributed by atoms with Crippen molar-refractivity contribution < 1.29 is 4.52 Å². The molecule has 0 bridgehead atoms. The number of nitrogens with zero attached hydrogens (tertiary/aromatic N) is 4. The van der Waals surface area contributed by atoms with Crippen molar-refractivity contribution in [2.45, 2.75) is 32.9 Å². The zero-order valence-electron chi connectivity index (χ0n) is 12.2. The van der Waals surface area contributed by atoms with E-state index in [2.05, 4.69) is 53.0 Å². The third-order valence-corrected chi connectivity index (χ3v) is 3.58. The van der Waals surface area contributed by atoms with Gasteiger partial charge in [-0.15, -0.1) is 0 Å². The first kappa shape index (κ1) is 13.1. The number of rotatable bonds is 3. The molecule has 0 saturated carbocycles. The molecule has 0 radical (unpaired) electrons. The summed E-state index contributed by atoms with van der Waals surface area (Å²) in [6.45, 7) is 6.77. The molecule has 1 aliphatic heterocycles. The van der Waals surface area contributed by atoms with E-state index in [0.717, 1.165) is 37.0 Å². The Balaban J connectivity index is 1.73. The second kappa shape index (κ2) is 5.25. The minimum Gasteiger partial charge on any atom is -0.360 e. The molecule has 0 spiro atoms. The highest BCUT2D eigenvalue weighted by molar-refractivity contribution is 5.47. The zero-order chi connectivity index (χ0) is 14.1. The molecule has 3 rings (SSSR count). The first-order valence-electron chi connectivity index (χ1n) is 6.96. The molecule has 1 aliphatic rings. The van der Waals surface area contributed by atoms with Crippen molar-refractivity contribution in [2.24, 2.45) is 0 Å². The number of hydrogen-bond acceptors (Lipinski definition) is 5. The predicted molar refractivity (Wildman–Crippen MR) is 77.3 cm³/mol. The van der Waals surface area contributed by atoms with E-state index < -0.39 is 0 Å². The maximum absolute atomic E-state index is 5.43. The number of fused-ring (bicyclic) bond motifs is 1. The fourth-order valence-electron chi connectivity index (χ4n) is 2.56. The highest BCUT2D eigenvalue weighted by atomic mass is 16.5. The van der Waals surface area contributed by atoms with Crippen LogP contribution in [0.3, 0.4) is 0 Å². The van der Waals surface area contributed by atoms with Crippen LogP contribution in [0.2, 0.25) is 0 Å². The summed E-state index contributed by atoms with van der Waals surface area (Å²) in [7, 11) is 2.07. The molecule has 0 amide bonds. The average Bonchev–Trinajstić information content (AvgIpc) is 2.87. The first-order chi connectivity index (χ1) is 9.63. The molecular weight excluding hydrogens is 252 g/mol. The molecule has 20 heavy (non-hydrogen) atoms.